The number of hydrogen-bond acceptors (Lipinski definition) is 2. The van der Waals surface area contributed by atoms with Crippen molar-refractivity contribution in [1.29, 1.82) is 0 Å². The van der Waals surface area contributed by atoms with Crippen LogP contribution in [-0.2, 0) is 11.2 Å². The molecule has 1 atom stereocenters. The highest BCUT2D eigenvalue weighted by molar-refractivity contribution is 5.85. The minimum Gasteiger partial charge on any atom is -0.346 e. The van der Waals surface area contributed by atoms with E-state index in [4.69, 9.17) is 0 Å². The minimum atomic E-state index is -0.166. The molecule has 1 aromatic heterocycles. The topological polar surface area (TPSA) is 57.8 Å². The van der Waals surface area contributed by atoms with E-state index in [-0.39, 0.29) is 11.9 Å². The Morgan fingerprint density at radius 2 is 1.80 bits per heavy atom. The molecule has 124 valence electrons. The van der Waals surface area contributed by atoms with Crippen LogP contribution in [0.15, 0.2) is 66.7 Å². The monoisotopic (exact) mass is 329 g/mol. The summed E-state index contributed by atoms with van der Waals surface area (Å²) in [5.74, 6) is 0.760. The van der Waals surface area contributed by atoms with E-state index >= 15 is 0 Å². The van der Waals surface area contributed by atoms with E-state index in [1.165, 1.54) is 5.39 Å². The molecular formula is C21H19N3O. The summed E-state index contributed by atoms with van der Waals surface area (Å²) in [7, 11) is 0. The van der Waals surface area contributed by atoms with Crippen molar-refractivity contribution >= 4 is 27.7 Å². The molecule has 3 aromatic carbocycles. The maximum Gasteiger partial charge on any atom is 0.224 e. The van der Waals surface area contributed by atoms with Gasteiger partial charge in [0.2, 0.25) is 5.91 Å². The Balaban J connectivity index is 1.46. The second-order valence-corrected chi connectivity index (χ2v) is 6.29. The quantitative estimate of drug-likeness (QED) is 0.591. The lowest BCUT2D eigenvalue weighted by atomic mass is 10.0. The van der Waals surface area contributed by atoms with Gasteiger partial charge in [0, 0.05) is 0 Å². The Labute approximate surface area is 145 Å². The molecule has 0 bridgehead atoms. The van der Waals surface area contributed by atoms with Crippen LogP contribution >= 0.6 is 0 Å². The molecular weight excluding hydrogens is 310 g/mol. The first-order chi connectivity index (χ1) is 12.2. The number of carbonyl (C=O) groups excluding carboxylic acids is 1. The summed E-state index contributed by atoms with van der Waals surface area (Å²) in [5, 5.41) is 5.35. The van der Waals surface area contributed by atoms with E-state index < -0.39 is 0 Å². The second-order valence-electron chi connectivity index (χ2n) is 6.29. The predicted molar refractivity (Wildman–Crippen MR) is 100 cm³/mol. The molecule has 0 spiro atoms. The normalized spacial score (nSPS) is 12.4. The number of rotatable bonds is 4. The van der Waals surface area contributed by atoms with Gasteiger partial charge >= 0.3 is 0 Å². The minimum absolute atomic E-state index is 0.0109. The number of aromatic amines is 1. The predicted octanol–water partition coefficient (Wildman–Crippen LogP) is 4.14. The van der Waals surface area contributed by atoms with Gasteiger partial charge in [-0.1, -0.05) is 54.6 Å². The lowest BCUT2D eigenvalue weighted by Gasteiger charge is -2.11. The summed E-state index contributed by atoms with van der Waals surface area (Å²) < 4.78 is 0. The Kier molecular flexibility index (Phi) is 3.94. The van der Waals surface area contributed by atoms with Crippen molar-refractivity contribution in [1.82, 2.24) is 15.3 Å². The first-order valence-electron chi connectivity index (χ1n) is 8.41. The number of imidazole rings is 1. The fourth-order valence-electron chi connectivity index (χ4n) is 3.07. The van der Waals surface area contributed by atoms with Gasteiger partial charge in [-0.2, -0.15) is 0 Å². The van der Waals surface area contributed by atoms with Gasteiger partial charge < -0.3 is 10.3 Å². The second kappa shape index (κ2) is 6.40. The van der Waals surface area contributed by atoms with Crippen molar-refractivity contribution < 1.29 is 4.79 Å². The first-order valence-corrected chi connectivity index (χ1v) is 8.41. The van der Waals surface area contributed by atoms with Gasteiger partial charge in [-0.3, -0.25) is 4.79 Å². The van der Waals surface area contributed by atoms with Gasteiger partial charge in [-0.15, -0.1) is 0 Å². The Morgan fingerprint density at radius 1 is 1.04 bits per heavy atom. The van der Waals surface area contributed by atoms with Crippen LogP contribution in [0, 0.1) is 0 Å². The van der Waals surface area contributed by atoms with E-state index in [0.717, 1.165) is 27.8 Å². The largest absolute Gasteiger partial charge is 0.346 e. The molecule has 0 unspecified atom stereocenters. The summed E-state index contributed by atoms with van der Waals surface area (Å²) in [6, 6.07) is 22.0. The number of benzene rings is 3. The molecule has 0 saturated heterocycles. The highest BCUT2D eigenvalue weighted by Crippen LogP contribution is 2.17. The molecule has 0 aliphatic heterocycles. The number of nitrogens with zero attached hydrogens (tertiary/aromatic N) is 1. The SMILES string of the molecule is C[C@H](NC(=O)Cc1ccc2ccccc2c1)c1nc2ccccc2[nH]1. The van der Waals surface area contributed by atoms with Gasteiger partial charge in [0.15, 0.2) is 0 Å². The number of fused-ring (bicyclic) bond motifs is 2. The summed E-state index contributed by atoms with van der Waals surface area (Å²) in [6.45, 7) is 1.94. The average Bonchev–Trinajstić information content (AvgIpc) is 3.06. The van der Waals surface area contributed by atoms with Crippen LogP contribution in [0.4, 0.5) is 0 Å². The van der Waals surface area contributed by atoms with Crippen LogP contribution in [-0.4, -0.2) is 15.9 Å². The number of carbonyl (C=O) groups is 1. The third kappa shape index (κ3) is 3.24. The van der Waals surface area contributed by atoms with Gasteiger partial charge in [-0.25, -0.2) is 4.98 Å². The maximum absolute atomic E-state index is 12.4. The molecule has 0 aliphatic carbocycles. The zero-order chi connectivity index (χ0) is 17.2. The fourth-order valence-corrected chi connectivity index (χ4v) is 3.07. The number of H-pyrrole nitrogens is 1. The number of amides is 1. The molecule has 25 heavy (non-hydrogen) atoms. The molecule has 4 aromatic rings. The van der Waals surface area contributed by atoms with Crippen LogP contribution in [0.5, 0.6) is 0 Å². The number of hydrogen-bond donors (Lipinski definition) is 2. The summed E-state index contributed by atoms with van der Waals surface area (Å²) >= 11 is 0. The summed E-state index contributed by atoms with van der Waals surface area (Å²) in [6.07, 6.45) is 0.357. The van der Waals surface area contributed by atoms with Crippen molar-refractivity contribution in [3.8, 4) is 0 Å². The molecule has 0 radical (unpaired) electrons. The molecule has 0 saturated carbocycles. The van der Waals surface area contributed by atoms with E-state index in [1.807, 2.05) is 49.4 Å². The highest BCUT2D eigenvalue weighted by atomic mass is 16.1. The maximum atomic E-state index is 12.4. The van der Waals surface area contributed by atoms with E-state index in [9.17, 15) is 4.79 Å². The van der Waals surface area contributed by atoms with Crippen LogP contribution in [0.2, 0.25) is 0 Å². The third-order valence-corrected chi connectivity index (χ3v) is 4.37. The number of para-hydroxylation sites is 2. The molecule has 1 amide bonds. The van der Waals surface area contributed by atoms with E-state index in [1.54, 1.807) is 0 Å². The molecule has 4 heteroatoms. The highest BCUT2D eigenvalue weighted by Gasteiger charge is 2.14. The third-order valence-electron chi connectivity index (χ3n) is 4.37. The Morgan fingerprint density at radius 3 is 2.64 bits per heavy atom. The summed E-state index contributed by atoms with van der Waals surface area (Å²) in [4.78, 5) is 20.2. The smallest absolute Gasteiger partial charge is 0.224 e. The van der Waals surface area contributed by atoms with E-state index in [2.05, 4.69) is 39.6 Å². The lowest BCUT2D eigenvalue weighted by molar-refractivity contribution is -0.121. The first kappa shape index (κ1) is 15.4. The zero-order valence-electron chi connectivity index (χ0n) is 14.0. The fraction of sp³-hybridized carbons (Fsp3) is 0.143. The van der Waals surface area contributed by atoms with Crippen molar-refractivity contribution in [2.24, 2.45) is 0 Å². The standard InChI is InChI=1S/C21H19N3O/c1-14(21-23-18-8-4-5-9-19(18)24-21)22-20(25)13-15-10-11-16-6-2-3-7-17(16)12-15/h2-12,14H,13H2,1H3,(H,22,25)(H,23,24)/t14-/m0/s1. The molecule has 1 heterocycles. The lowest BCUT2D eigenvalue weighted by Crippen LogP contribution is -2.28. The van der Waals surface area contributed by atoms with Gasteiger partial charge in [-0.05, 0) is 35.4 Å². The molecule has 2 N–H and O–H groups in total. The van der Waals surface area contributed by atoms with Crippen molar-refractivity contribution in [3.63, 3.8) is 0 Å². The van der Waals surface area contributed by atoms with Gasteiger partial charge in [0.25, 0.3) is 0 Å². The molecule has 0 fully saturated rings. The Bertz CT molecular complexity index is 1020. The molecule has 4 rings (SSSR count). The average molecular weight is 329 g/mol. The van der Waals surface area contributed by atoms with Gasteiger partial charge in [0.05, 0.1) is 23.5 Å². The van der Waals surface area contributed by atoms with Crippen LogP contribution in [0.25, 0.3) is 21.8 Å². The zero-order valence-corrected chi connectivity index (χ0v) is 14.0. The van der Waals surface area contributed by atoms with Crippen LogP contribution in [0.1, 0.15) is 24.4 Å². The van der Waals surface area contributed by atoms with Gasteiger partial charge in [0.1, 0.15) is 5.82 Å². The van der Waals surface area contributed by atoms with Crippen LogP contribution in [0.3, 0.4) is 0 Å². The van der Waals surface area contributed by atoms with Crippen molar-refractivity contribution in [2.45, 2.75) is 19.4 Å². The molecule has 0 aliphatic rings. The number of nitrogens with one attached hydrogen (secondary N) is 2. The molecule has 4 nitrogen and oxygen atoms in total. The number of aromatic nitrogens is 2. The van der Waals surface area contributed by atoms with E-state index in [0.29, 0.717) is 6.42 Å². The van der Waals surface area contributed by atoms with Crippen molar-refractivity contribution in [3.05, 3.63) is 78.1 Å². The summed E-state index contributed by atoms with van der Waals surface area (Å²) in [5.41, 5.74) is 2.90. The Hall–Kier alpha value is -3.14. The van der Waals surface area contributed by atoms with Crippen LogP contribution < -0.4 is 5.32 Å². The van der Waals surface area contributed by atoms with Crippen molar-refractivity contribution in [2.75, 3.05) is 0 Å².